The van der Waals surface area contributed by atoms with E-state index in [1.165, 1.54) is 24.3 Å². The van der Waals surface area contributed by atoms with Gasteiger partial charge >= 0.3 is 0 Å². The van der Waals surface area contributed by atoms with Gasteiger partial charge in [0, 0.05) is 17.7 Å². The molecule has 6 heteroatoms. The van der Waals surface area contributed by atoms with E-state index in [4.69, 9.17) is 0 Å². The first-order valence-corrected chi connectivity index (χ1v) is 5.72. The Morgan fingerprint density at radius 2 is 1.45 bits per heavy atom. The van der Waals surface area contributed by atoms with Gasteiger partial charge in [-0.15, -0.1) is 0 Å². The van der Waals surface area contributed by atoms with Crippen molar-refractivity contribution < 1.29 is 22.0 Å². The largest absolute Gasteiger partial charge is 0.376 e. The number of halogens is 5. The average molecular weight is 287 g/mol. The minimum absolute atomic E-state index is 0.254. The molecular weight excluding hydrogens is 277 g/mol. The summed E-state index contributed by atoms with van der Waals surface area (Å²) in [5, 5.41) is 2.09. The third-order valence-corrected chi connectivity index (χ3v) is 2.71. The van der Waals surface area contributed by atoms with E-state index in [-0.39, 0.29) is 5.56 Å². The molecule has 20 heavy (non-hydrogen) atoms. The molecule has 2 aromatic carbocycles. The van der Waals surface area contributed by atoms with E-state index < -0.39 is 35.6 Å². The normalized spacial score (nSPS) is 11.4. The Kier molecular flexibility index (Phi) is 3.92. The first-order valence-electron chi connectivity index (χ1n) is 5.72. The molecule has 1 N–H and O–H groups in total. The fourth-order valence-electron chi connectivity index (χ4n) is 1.65. The quantitative estimate of drug-likeness (QED) is 0.652. The molecular formula is C14H10F5N. The zero-order chi connectivity index (χ0) is 14.8. The van der Waals surface area contributed by atoms with Crippen molar-refractivity contribution in [2.75, 3.05) is 11.9 Å². The van der Waals surface area contributed by atoms with Crippen molar-refractivity contribution in [3.8, 4) is 0 Å². The summed E-state index contributed by atoms with van der Waals surface area (Å²) in [6, 6.07) is 7.74. The maximum atomic E-state index is 13.8. The highest BCUT2D eigenvalue weighted by Gasteiger charge is 2.31. The summed E-state index contributed by atoms with van der Waals surface area (Å²) >= 11 is 0. The lowest BCUT2D eigenvalue weighted by molar-refractivity contribution is 0.0106. The summed E-state index contributed by atoms with van der Waals surface area (Å²) in [6.07, 6.45) is 0. The topological polar surface area (TPSA) is 12.0 Å². The Bertz CT molecular complexity index is 598. The van der Waals surface area contributed by atoms with E-state index in [0.717, 1.165) is 0 Å². The van der Waals surface area contributed by atoms with Gasteiger partial charge in [-0.2, -0.15) is 8.78 Å². The molecule has 0 amide bonds. The fourth-order valence-corrected chi connectivity index (χ4v) is 1.65. The van der Waals surface area contributed by atoms with Gasteiger partial charge in [0.05, 0.1) is 12.2 Å². The highest BCUT2D eigenvalue weighted by atomic mass is 19.3. The Balaban J connectivity index is 2.14. The minimum atomic E-state index is -3.27. The van der Waals surface area contributed by atoms with Crippen molar-refractivity contribution in [3.05, 3.63) is 65.5 Å². The lowest BCUT2D eigenvalue weighted by Crippen LogP contribution is -2.25. The predicted molar refractivity (Wildman–Crippen MR) is 65.1 cm³/mol. The van der Waals surface area contributed by atoms with Crippen LogP contribution in [-0.4, -0.2) is 6.54 Å². The maximum absolute atomic E-state index is 13.8. The molecule has 0 aliphatic heterocycles. The number of benzene rings is 2. The van der Waals surface area contributed by atoms with Crippen LogP contribution in [0.15, 0.2) is 42.5 Å². The zero-order valence-electron chi connectivity index (χ0n) is 10.1. The summed E-state index contributed by atoms with van der Waals surface area (Å²) in [6.45, 7) is -0.932. The van der Waals surface area contributed by atoms with E-state index in [2.05, 4.69) is 5.32 Å². The van der Waals surface area contributed by atoms with Crippen molar-refractivity contribution in [2.45, 2.75) is 5.92 Å². The number of alkyl halides is 2. The van der Waals surface area contributed by atoms with Gasteiger partial charge in [0.25, 0.3) is 5.92 Å². The second-order valence-corrected chi connectivity index (χ2v) is 4.17. The van der Waals surface area contributed by atoms with Crippen LogP contribution in [0.4, 0.5) is 27.6 Å². The summed E-state index contributed by atoms with van der Waals surface area (Å²) in [5.74, 6) is -7.08. The number of rotatable bonds is 4. The van der Waals surface area contributed by atoms with Gasteiger partial charge in [-0.25, -0.2) is 13.2 Å². The second kappa shape index (κ2) is 5.48. The Morgan fingerprint density at radius 1 is 0.850 bits per heavy atom. The lowest BCUT2D eigenvalue weighted by atomic mass is 10.1. The zero-order valence-corrected chi connectivity index (χ0v) is 10.1. The van der Waals surface area contributed by atoms with E-state index >= 15 is 0 Å². The molecule has 0 spiro atoms. The molecule has 0 unspecified atom stereocenters. The second-order valence-electron chi connectivity index (χ2n) is 4.17. The molecule has 106 valence electrons. The molecule has 0 aromatic heterocycles. The lowest BCUT2D eigenvalue weighted by Gasteiger charge is -2.18. The SMILES string of the molecule is Fc1cc(F)c(NCC(F)(F)c2ccccc2)cc1F. The van der Waals surface area contributed by atoms with E-state index in [9.17, 15) is 22.0 Å². The number of hydrogen-bond donors (Lipinski definition) is 1. The molecule has 0 aliphatic carbocycles. The molecule has 0 fully saturated rings. The first-order chi connectivity index (χ1) is 9.40. The summed E-state index contributed by atoms with van der Waals surface area (Å²) < 4.78 is 66.5. The number of nitrogens with one attached hydrogen (secondary N) is 1. The Hall–Kier alpha value is -2.11. The van der Waals surface area contributed by atoms with Crippen LogP contribution in [0.3, 0.4) is 0 Å². The molecule has 0 bridgehead atoms. The molecule has 2 rings (SSSR count). The van der Waals surface area contributed by atoms with Gasteiger partial charge in [0.2, 0.25) is 0 Å². The minimum Gasteiger partial charge on any atom is -0.376 e. The van der Waals surface area contributed by atoms with Gasteiger partial charge in [0.15, 0.2) is 11.6 Å². The highest BCUT2D eigenvalue weighted by molar-refractivity contribution is 5.45. The maximum Gasteiger partial charge on any atom is 0.290 e. The van der Waals surface area contributed by atoms with Crippen LogP contribution < -0.4 is 5.32 Å². The van der Waals surface area contributed by atoms with Gasteiger partial charge < -0.3 is 5.32 Å². The monoisotopic (exact) mass is 287 g/mol. The molecule has 2 aromatic rings. The van der Waals surface area contributed by atoms with Gasteiger partial charge in [0.1, 0.15) is 5.82 Å². The van der Waals surface area contributed by atoms with Gasteiger partial charge in [-0.3, -0.25) is 0 Å². The van der Waals surface area contributed by atoms with E-state index in [1.54, 1.807) is 6.07 Å². The molecule has 0 saturated carbocycles. The highest BCUT2D eigenvalue weighted by Crippen LogP contribution is 2.29. The van der Waals surface area contributed by atoms with Gasteiger partial charge in [-0.05, 0) is 0 Å². The van der Waals surface area contributed by atoms with Gasteiger partial charge in [-0.1, -0.05) is 30.3 Å². The molecule has 0 aliphatic rings. The van der Waals surface area contributed by atoms with Crippen LogP contribution in [-0.2, 0) is 5.92 Å². The molecule has 0 atom stereocenters. The summed E-state index contributed by atoms with van der Waals surface area (Å²) in [7, 11) is 0. The Labute approximate surface area is 112 Å². The van der Waals surface area contributed by atoms with Crippen molar-refractivity contribution in [3.63, 3.8) is 0 Å². The molecule has 0 radical (unpaired) electrons. The number of hydrogen-bond acceptors (Lipinski definition) is 1. The van der Waals surface area contributed by atoms with Crippen LogP contribution in [0.5, 0.6) is 0 Å². The first kappa shape index (κ1) is 14.3. The third kappa shape index (κ3) is 3.07. The molecule has 0 saturated heterocycles. The van der Waals surface area contributed by atoms with Crippen molar-refractivity contribution >= 4 is 5.69 Å². The van der Waals surface area contributed by atoms with E-state index in [1.807, 2.05) is 0 Å². The van der Waals surface area contributed by atoms with Crippen molar-refractivity contribution in [1.82, 2.24) is 0 Å². The van der Waals surface area contributed by atoms with E-state index in [0.29, 0.717) is 12.1 Å². The fraction of sp³-hybridized carbons (Fsp3) is 0.143. The standard InChI is InChI=1S/C14H10F5N/c15-10-6-12(17)13(7-11(10)16)20-8-14(18,19)9-4-2-1-3-5-9/h1-7,20H,8H2. The van der Waals surface area contributed by atoms with Crippen LogP contribution >= 0.6 is 0 Å². The van der Waals surface area contributed by atoms with Crippen LogP contribution in [0, 0.1) is 17.5 Å². The average Bonchev–Trinajstić information content (AvgIpc) is 2.42. The predicted octanol–water partition coefficient (Wildman–Crippen LogP) is 4.31. The van der Waals surface area contributed by atoms with Crippen LogP contribution in [0.2, 0.25) is 0 Å². The molecule has 0 heterocycles. The summed E-state index contributed by atoms with van der Waals surface area (Å²) in [5.41, 5.74) is -0.769. The third-order valence-electron chi connectivity index (χ3n) is 2.71. The number of anilines is 1. The van der Waals surface area contributed by atoms with Crippen molar-refractivity contribution in [2.24, 2.45) is 0 Å². The van der Waals surface area contributed by atoms with Crippen molar-refractivity contribution in [1.29, 1.82) is 0 Å². The van der Waals surface area contributed by atoms with Crippen LogP contribution in [0.25, 0.3) is 0 Å². The van der Waals surface area contributed by atoms with Crippen LogP contribution in [0.1, 0.15) is 5.56 Å². The smallest absolute Gasteiger partial charge is 0.290 e. The molecule has 1 nitrogen and oxygen atoms in total. The summed E-state index contributed by atoms with van der Waals surface area (Å²) in [4.78, 5) is 0. The Morgan fingerprint density at radius 3 is 2.10 bits per heavy atom.